The molecule has 1 aromatic rings. The zero-order valence-corrected chi connectivity index (χ0v) is 12.0. The van der Waals surface area contributed by atoms with Gasteiger partial charge in [-0.2, -0.15) is 5.10 Å². The first-order chi connectivity index (χ1) is 9.49. The van der Waals surface area contributed by atoms with Crippen LogP contribution < -0.4 is 10.9 Å². The van der Waals surface area contributed by atoms with Crippen molar-refractivity contribution < 1.29 is 9.90 Å². The number of carbonyl (C=O) groups excluding carboxylic acids is 1. The van der Waals surface area contributed by atoms with Gasteiger partial charge in [-0.3, -0.25) is 9.59 Å². The van der Waals surface area contributed by atoms with Crippen LogP contribution in [-0.4, -0.2) is 33.4 Å². The molecule has 0 bridgehead atoms. The van der Waals surface area contributed by atoms with Gasteiger partial charge >= 0.3 is 0 Å². The Hall–Kier alpha value is -1.69. The smallest absolute Gasteiger partial charge is 0.277 e. The van der Waals surface area contributed by atoms with Crippen LogP contribution in [0.4, 0.5) is 0 Å². The van der Waals surface area contributed by atoms with E-state index in [1.54, 1.807) is 13.8 Å². The highest BCUT2D eigenvalue weighted by Gasteiger charge is 2.34. The van der Waals surface area contributed by atoms with Crippen molar-refractivity contribution in [2.24, 2.45) is 0 Å². The molecular weight excluding hydrogens is 258 g/mol. The minimum atomic E-state index is -0.592. The molecule has 1 amide bonds. The molecule has 0 spiro atoms. The zero-order valence-electron chi connectivity index (χ0n) is 12.0. The lowest BCUT2D eigenvalue weighted by Crippen LogP contribution is -2.53. The number of amides is 1. The van der Waals surface area contributed by atoms with Crippen LogP contribution in [0.15, 0.2) is 4.79 Å². The highest BCUT2D eigenvalue weighted by Crippen LogP contribution is 2.28. The summed E-state index contributed by atoms with van der Waals surface area (Å²) in [7, 11) is 0. The van der Waals surface area contributed by atoms with Gasteiger partial charge in [-0.05, 0) is 32.3 Å². The summed E-state index contributed by atoms with van der Waals surface area (Å²) in [4.78, 5) is 24.2. The number of hydrogen-bond donors (Lipinski definition) is 3. The van der Waals surface area contributed by atoms with Gasteiger partial charge in [0.05, 0.1) is 17.8 Å². The van der Waals surface area contributed by atoms with Gasteiger partial charge < -0.3 is 10.4 Å². The highest BCUT2D eigenvalue weighted by molar-refractivity contribution is 5.95. The minimum absolute atomic E-state index is 0.0934. The number of aromatic nitrogens is 2. The zero-order chi connectivity index (χ0) is 14.8. The molecular formula is C14H21N3O3. The van der Waals surface area contributed by atoms with Crippen molar-refractivity contribution in [1.82, 2.24) is 15.5 Å². The normalized spacial score (nSPS) is 17.8. The van der Waals surface area contributed by atoms with Crippen LogP contribution in [0.3, 0.4) is 0 Å². The van der Waals surface area contributed by atoms with Gasteiger partial charge in [0, 0.05) is 0 Å². The lowest BCUT2D eigenvalue weighted by Gasteiger charge is -2.36. The molecule has 0 radical (unpaired) electrons. The number of hydrogen-bond acceptors (Lipinski definition) is 4. The van der Waals surface area contributed by atoms with E-state index in [0.29, 0.717) is 11.3 Å². The van der Waals surface area contributed by atoms with Gasteiger partial charge in [0.2, 0.25) is 0 Å². The quantitative estimate of drug-likeness (QED) is 0.763. The Bertz CT molecular complexity index is 559. The van der Waals surface area contributed by atoms with E-state index in [1.165, 1.54) is 0 Å². The van der Waals surface area contributed by atoms with Crippen LogP contribution in [-0.2, 0) is 0 Å². The van der Waals surface area contributed by atoms with Gasteiger partial charge in [0.25, 0.3) is 11.5 Å². The lowest BCUT2D eigenvalue weighted by molar-refractivity contribution is 0.0756. The third kappa shape index (κ3) is 2.75. The van der Waals surface area contributed by atoms with Crippen LogP contribution in [0.5, 0.6) is 0 Å². The fraction of sp³-hybridized carbons (Fsp3) is 0.643. The monoisotopic (exact) mass is 279 g/mol. The maximum absolute atomic E-state index is 12.4. The molecule has 1 aliphatic carbocycles. The van der Waals surface area contributed by atoms with E-state index >= 15 is 0 Å². The summed E-state index contributed by atoms with van der Waals surface area (Å²) in [6, 6.07) is 0. The fourth-order valence-corrected chi connectivity index (χ4v) is 2.75. The first-order valence-electron chi connectivity index (χ1n) is 6.98. The van der Waals surface area contributed by atoms with Gasteiger partial charge in [0.15, 0.2) is 0 Å². The molecule has 3 N–H and O–H groups in total. The van der Waals surface area contributed by atoms with Crippen LogP contribution in [0, 0.1) is 13.8 Å². The average Bonchev–Trinajstić information content (AvgIpc) is 2.44. The molecule has 6 heteroatoms. The number of carbonyl (C=O) groups is 1. The van der Waals surface area contributed by atoms with Crippen LogP contribution >= 0.6 is 0 Å². The summed E-state index contributed by atoms with van der Waals surface area (Å²) in [5.74, 6) is -0.426. The van der Waals surface area contributed by atoms with Crippen molar-refractivity contribution in [3.63, 3.8) is 0 Å². The molecule has 0 atom stereocenters. The van der Waals surface area contributed by atoms with Crippen molar-refractivity contribution in [3.8, 4) is 0 Å². The summed E-state index contributed by atoms with van der Waals surface area (Å²) in [5.41, 5.74) is 0.211. The Morgan fingerprint density at radius 2 is 2.00 bits per heavy atom. The third-order valence-electron chi connectivity index (χ3n) is 4.19. The van der Waals surface area contributed by atoms with Gasteiger partial charge in [-0.1, -0.05) is 19.3 Å². The molecule has 110 valence electrons. The average molecular weight is 279 g/mol. The van der Waals surface area contributed by atoms with E-state index in [-0.39, 0.29) is 12.2 Å². The number of H-pyrrole nitrogens is 1. The molecule has 20 heavy (non-hydrogen) atoms. The molecule has 0 aliphatic heterocycles. The number of aliphatic hydroxyl groups is 1. The highest BCUT2D eigenvalue weighted by atomic mass is 16.3. The number of aromatic amines is 1. The van der Waals surface area contributed by atoms with E-state index in [0.717, 1.165) is 32.1 Å². The number of aryl methyl sites for hydroxylation is 1. The predicted octanol–water partition coefficient (Wildman–Crippen LogP) is 0.812. The van der Waals surface area contributed by atoms with Crippen molar-refractivity contribution in [1.29, 1.82) is 0 Å². The van der Waals surface area contributed by atoms with E-state index in [9.17, 15) is 14.7 Å². The van der Waals surface area contributed by atoms with Crippen molar-refractivity contribution >= 4 is 5.91 Å². The Labute approximate surface area is 117 Å². The Balaban J connectivity index is 2.28. The van der Waals surface area contributed by atoms with Crippen LogP contribution in [0.25, 0.3) is 0 Å². The first-order valence-corrected chi connectivity index (χ1v) is 6.98. The van der Waals surface area contributed by atoms with E-state index in [2.05, 4.69) is 15.5 Å². The molecule has 1 heterocycles. The van der Waals surface area contributed by atoms with Gasteiger partial charge in [-0.15, -0.1) is 0 Å². The maximum atomic E-state index is 12.4. The molecule has 2 rings (SSSR count). The molecule has 6 nitrogen and oxygen atoms in total. The number of aliphatic hydroxyl groups excluding tert-OH is 1. The van der Waals surface area contributed by atoms with Crippen molar-refractivity contribution in [3.05, 3.63) is 27.2 Å². The Morgan fingerprint density at radius 3 is 2.60 bits per heavy atom. The molecule has 1 saturated carbocycles. The van der Waals surface area contributed by atoms with Crippen LogP contribution in [0.2, 0.25) is 0 Å². The molecule has 1 aliphatic rings. The van der Waals surface area contributed by atoms with E-state index in [1.807, 2.05) is 0 Å². The second-order valence-corrected chi connectivity index (χ2v) is 5.59. The minimum Gasteiger partial charge on any atom is -0.394 e. The summed E-state index contributed by atoms with van der Waals surface area (Å²) in [6.45, 7) is 3.35. The number of rotatable bonds is 3. The van der Waals surface area contributed by atoms with Gasteiger partial charge in [0.1, 0.15) is 5.56 Å². The summed E-state index contributed by atoms with van der Waals surface area (Å²) >= 11 is 0. The largest absolute Gasteiger partial charge is 0.394 e. The second kappa shape index (κ2) is 5.75. The summed E-state index contributed by atoms with van der Waals surface area (Å²) in [5, 5.41) is 18.7. The molecule has 0 aromatic carbocycles. The lowest BCUT2D eigenvalue weighted by atomic mass is 9.82. The standard InChI is InChI=1S/C14H21N3O3/c1-9-10(2)16-17-13(20)11(9)12(19)15-14(8-18)6-4-3-5-7-14/h18H,3-8H2,1-2H3,(H,15,19)(H,17,20). The molecule has 1 fully saturated rings. The van der Waals surface area contributed by atoms with Crippen LogP contribution in [0.1, 0.15) is 53.7 Å². The first kappa shape index (κ1) is 14.7. The topological polar surface area (TPSA) is 95.1 Å². The molecule has 1 aromatic heterocycles. The fourth-order valence-electron chi connectivity index (χ4n) is 2.75. The maximum Gasteiger partial charge on any atom is 0.277 e. The van der Waals surface area contributed by atoms with Crippen molar-refractivity contribution in [2.75, 3.05) is 6.61 Å². The molecule has 0 saturated heterocycles. The summed E-state index contributed by atoms with van der Waals surface area (Å²) < 4.78 is 0. The van der Waals surface area contributed by atoms with E-state index < -0.39 is 17.0 Å². The Morgan fingerprint density at radius 1 is 1.35 bits per heavy atom. The molecule has 0 unspecified atom stereocenters. The predicted molar refractivity (Wildman–Crippen MR) is 74.7 cm³/mol. The Kier molecular flexibility index (Phi) is 4.23. The number of nitrogens with one attached hydrogen (secondary N) is 2. The second-order valence-electron chi connectivity index (χ2n) is 5.59. The third-order valence-corrected chi connectivity index (χ3v) is 4.19. The number of nitrogens with zero attached hydrogens (tertiary/aromatic N) is 1. The van der Waals surface area contributed by atoms with Crippen molar-refractivity contribution in [2.45, 2.75) is 51.5 Å². The van der Waals surface area contributed by atoms with Gasteiger partial charge in [-0.25, -0.2) is 5.10 Å². The SMILES string of the molecule is Cc1n[nH]c(=O)c(C(=O)NC2(CO)CCCCC2)c1C. The summed E-state index contributed by atoms with van der Waals surface area (Å²) in [6.07, 6.45) is 4.56. The van der Waals surface area contributed by atoms with E-state index in [4.69, 9.17) is 0 Å².